The zero-order valence-corrected chi connectivity index (χ0v) is 18.4. The van der Waals surface area contributed by atoms with E-state index in [4.69, 9.17) is 11.6 Å². The number of benzene rings is 1. The van der Waals surface area contributed by atoms with Gasteiger partial charge in [0.05, 0.1) is 26.2 Å². The van der Waals surface area contributed by atoms with Crippen LogP contribution in [0, 0.1) is 6.92 Å². The van der Waals surface area contributed by atoms with Crippen LogP contribution in [0.4, 0.5) is 5.69 Å². The molecule has 3 rings (SSSR count). The third-order valence-corrected chi connectivity index (χ3v) is 8.03. The summed E-state index contributed by atoms with van der Waals surface area (Å²) in [5.74, 6) is -0.347. The van der Waals surface area contributed by atoms with Gasteiger partial charge in [-0.05, 0) is 31.2 Å². The Labute approximate surface area is 173 Å². The van der Waals surface area contributed by atoms with E-state index in [9.17, 15) is 13.2 Å². The number of carbonyl (C=O) groups is 1. The summed E-state index contributed by atoms with van der Waals surface area (Å²) < 4.78 is 28.6. The van der Waals surface area contributed by atoms with E-state index in [0.717, 1.165) is 15.9 Å². The molecule has 2 aromatic heterocycles. The Morgan fingerprint density at radius 1 is 1.29 bits per heavy atom. The van der Waals surface area contributed by atoms with E-state index in [2.05, 4.69) is 10.4 Å². The maximum Gasteiger partial charge on any atom is 0.265 e. The number of halogens is 1. The first kappa shape index (κ1) is 20.8. The second-order valence-electron chi connectivity index (χ2n) is 6.22. The average molecular weight is 441 g/mol. The second-order valence-corrected chi connectivity index (χ2v) is 9.60. The highest BCUT2D eigenvalue weighted by atomic mass is 35.5. The minimum atomic E-state index is -3.65. The molecule has 3 aromatic rings. The van der Waals surface area contributed by atoms with Gasteiger partial charge in [-0.25, -0.2) is 8.42 Å². The number of rotatable bonds is 6. The Morgan fingerprint density at radius 3 is 2.57 bits per heavy atom. The van der Waals surface area contributed by atoms with E-state index in [-0.39, 0.29) is 21.5 Å². The van der Waals surface area contributed by atoms with Crippen molar-refractivity contribution in [3.63, 3.8) is 0 Å². The third-order valence-electron chi connectivity index (χ3n) is 4.45. The maximum atomic E-state index is 12.7. The Bertz CT molecular complexity index is 1110. The van der Waals surface area contributed by atoms with Gasteiger partial charge in [0.15, 0.2) is 0 Å². The van der Waals surface area contributed by atoms with Gasteiger partial charge < -0.3 is 5.32 Å². The van der Waals surface area contributed by atoms with E-state index in [1.807, 2.05) is 14.0 Å². The molecule has 0 aliphatic rings. The summed E-state index contributed by atoms with van der Waals surface area (Å²) in [5, 5.41) is 8.24. The molecule has 0 spiro atoms. The monoisotopic (exact) mass is 440 g/mol. The van der Waals surface area contributed by atoms with Crippen LogP contribution < -0.4 is 5.32 Å². The van der Waals surface area contributed by atoms with Crippen LogP contribution in [0.3, 0.4) is 0 Å². The Morgan fingerprint density at radius 2 is 1.96 bits per heavy atom. The number of nitrogens with one attached hydrogen (secondary N) is 1. The van der Waals surface area contributed by atoms with Crippen LogP contribution in [0.1, 0.15) is 29.2 Å². The van der Waals surface area contributed by atoms with Crippen LogP contribution in [-0.2, 0) is 17.1 Å². The molecule has 0 atom stereocenters. The predicted octanol–water partition coefficient (Wildman–Crippen LogP) is 3.88. The molecule has 0 radical (unpaired) electrons. The molecule has 1 N–H and O–H groups in total. The summed E-state index contributed by atoms with van der Waals surface area (Å²) in [6.45, 7) is 6.15. The van der Waals surface area contributed by atoms with E-state index < -0.39 is 10.0 Å². The standard InChI is InChI=1S/C18H21ClN4O3S2/c1-5-23(6-2)28(25,26)12-7-8-14(19)15(9-12)20-17(24)16-10-13-11(3)21-22(4)18(13)27-16/h7-10H,5-6H2,1-4H3,(H,20,24). The number of fused-ring (bicyclic) bond motifs is 1. The van der Waals surface area contributed by atoms with Crippen molar-refractivity contribution in [3.05, 3.63) is 39.9 Å². The molecule has 0 fully saturated rings. The summed E-state index contributed by atoms with van der Waals surface area (Å²) in [4.78, 5) is 14.2. The first-order valence-corrected chi connectivity index (χ1v) is 11.4. The lowest BCUT2D eigenvalue weighted by molar-refractivity contribution is 0.103. The van der Waals surface area contributed by atoms with Crippen molar-refractivity contribution in [3.8, 4) is 0 Å². The van der Waals surface area contributed by atoms with Crippen LogP contribution in [0.25, 0.3) is 10.2 Å². The SMILES string of the molecule is CCN(CC)S(=O)(=O)c1ccc(Cl)c(NC(=O)c2cc3c(C)nn(C)c3s2)c1. The zero-order valence-electron chi connectivity index (χ0n) is 16.0. The Kier molecular flexibility index (Phi) is 5.81. The molecular weight excluding hydrogens is 420 g/mol. The van der Waals surface area contributed by atoms with Crippen molar-refractivity contribution >= 4 is 54.8 Å². The van der Waals surface area contributed by atoms with Crippen LogP contribution in [0.2, 0.25) is 5.02 Å². The van der Waals surface area contributed by atoms with E-state index in [0.29, 0.717) is 18.0 Å². The lowest BCUT2D eigenvalue weighted by atomic mass is 10.3. The second kappa shape index (κ2) is 7.82. The van der Waals surface area contributed by atoms with Crippen molar-refractivity contribution in [2.24, 2.45) is 7.05 Å². The molecule has 0 unspecified atom stereocenters. The smallest absolute Gasteiger partial charge is 0.265 e. The Balaban J connectivity index is 1.93. The highest BCUT2D eigenvalue weighted by Gasteiger charge is 2.23. The van der Waals surface area contributed by atoms with Crippen LogP contribution in [0.5, 0.6) is 0 Å². The molecule has 2 heterocycles. The van der Waals surface area contributed by atoms with Crippen molar-refractivity contribution in [2.45, 2.75) is 25.7 Å². The number of thiophene rings is 1. The fourth-order valence-corrected chi connectivity index (χ4v) is 5.64. The van der Waals surface area contributed by atoms with Crippen molar-refractivity contribution in [1.29, 1.82) is 0 Å². The molecule has 0 aliphatic carbocycles. The van der Waals surface area contributed by atoms with Gasteiger partial charge in [-0.1, -0.05) is 25.4 Å². The van der Waals surface area contributed by atoms with Crippen molar-refractivity contribution in [1.82, 2.24) is 14.1 Å². The van der Waals surface area contributed by atoms with Gasteiger partial charge in [-0.15, -0.1) is 11.3 Å². The number of aryl methyl sites for hydroxylation is 2. The molecule has 28 heavy (non-hydrogen) atoms. The first-order valence-electron chi connectivity index (χ1n) is 8.73. The van der Waals surface area contributed by atoms with Gasteiger partial charge in [-0.2, -0.15) is 9.40 Å². The van der Waals surface area contributed by atoms with E-state index >= 15 is 0 Å². The minimum Gasteiger partial charge on any atom is -0.320 e. The predicted molar refractivity (Wildman–Crippen MR) is 113 cm³/mol. The summed E-state index contributed by atoms with van der Waals surface area (Å²) in [7, 11) is -1.82. The molecule has 0 saturated heterocycles. The van der Waals surface area contributed by atoms with Gasteiger partial charge in [0.2, 0.25) is 10.0 Å². The molecule has 7 nitrogen and oxygen atoms in total. The highest BCUT2D eigenvalue weighted by Crippen LogP contribution is 2.30. The quantitative estimate of drug-likeness (QED) is 0.630. The molecule has 0 aliphatic heterocycles. The summed E-state index contributed by atoms with van der Waals surface area (Å²) in [5.41, 5.74) is 1.10. The first-order chi connectivity index (χ1) is 13.2. The zero-order chi connectivity index (χ0) is 20.6. The fourth-order valence-electron chi connectivity index (χ4n) is 2.97. The lowest BCUT2D eigenvalue weighted by Crippen LogP contribution is -2.30. The van der Waals surface area contributed by atoms with Crippen LogP contribution in [0.15, 0.2) is 29.2 Å². The largest absolute Gasteiger partial charge is 0.320 e. The molecule has 0 bridgehead atoms. The summed E-state index contributed by atoms with van der Waals surface area (Å²) in [6, 6.07) is 6.10. The number of carbonyl (C=O) groups excluding carboxylic acids is 1. The maximum absolute atomic E-state index is 12.7. The molecule has 0 saturated carbocycles. The van der Waals surface area contributed by atoms with Gasteiger partial charge in [0, 0.05) is 25.5 Å². The van der Waals surface area contributed by atoms with Crippen LogP contribution in [-0.4, -0.2) is 41.5 Å². The molecule has 1 aromatic carbocycles. The summed E-state index contributed by atoms with van der Waals surface area (Å²) >= 11 is 7.52. The average Bonchev–Trinajstić information content (AvgIpc) is 3.19. The summed E-state index contributed by atoms with van der Waals surface area (Å²) in [6.07, 6.45) is 0. The third kappa shape index (κ3) is 3.67. The molecule has 150 valence electrons. The number of aromatic nitrogens is 2. The normalized spacial score (nSPS) is 12.1. The van der Waals surface area contributed by atoms with Crippen molar-refractivity contribution < 1.29 is 13.2 Å². The van der Waals surface area contributed by atoms with Gasteiger partial charge >= 0.3 is 0 Å². The Hall–Kier alpha value is -1.94. The number of amides is 1. The van der Waals surface area contributed by atoms with Crippen LogP contribution >= 0.6 is 22.9 Å². The number of anilines is 1. The van der Waals surface area contributed by atoms with Gasteiger partial charge in [-0.3, -0.25) is 9.48 Å². The van der Waals surface area contributed by atoms with Crippen molar-refractivity contribution in [2.75, 3.05) is 18.4 Å². The number of hydrogen-bond donors (Lipinski definition) is 1. The van der Waals surface area contributed by atoms with Gasteiger partial charge in [0.1, 0.15) is 4.83 Å². The fraction of sp³-hybridized carbons (Fsp3) is 0.333. The topological polar surface area (TPSA) is 84.3 Å². The van der Waals surface area contributed by atoms with E-state index in [1.165, 1.54) is 33.8 Å². The molecule has 1 amide bonds. The molecule has 10 heteroatoms. The highest BCUT2D eigenvalue weighted by molar-refractivity contribution is 7.89. The van der Waals surface area contributed by atoms with Gasteiger partial charge in [0.25, 0.3) is 5.91 Å². The number of hydrogen-bond acceptors (Lipinski definition) is 5. The minimum absolute atomic E-state index is 0.0901. The number of nitrogens with zero attached hydrogens (tertiary/aromatic N) is 3. The lowest BCUT2D eigenvalue weighted by Gasteiger charge is -2.19. The van der Waals surface area contributed by atoms with E-state index in [1.54, 1.807) is 24.6 Å². The number of sulfonamides is 1. The molecular formula is C18H21ClN4O3S2.